The molecule has 0 aliphatic carbocycles. The van der Waals surface area contributed by atoms with Gasteiger partial charge in [-0.05, 0) is 50.1 Å². The van der Waals surface area contributed by atoms with E-state index in [4.69, 9.17) is 11.6 Å². The molecular formula is C15H18ClNS. The molecular weight excluding hydrogens is 262 g/mol. The average molecular weight is 280 g/mol. The predicted octanol–water partition coefficient (Wildman–Crippen LogP) is 4.87. The van der Waals surface area contributed by atoms with Gasteiger partial charge in [0.2, 0.25) is 0 Å². The molecule has 0 bridgehead atoms. The minimum Gasteiger partial charge on any atom is -0.306 e. The van der Waals surface area contributed by atoms with E-state index in [1.54, 1.807) is 0 Å². The average Bonchev–Trinajstić information content (AvgIpc) is 2.65. The highest BCUT2D eigenvalue weighted by Gasteiger charge is 2.07. The topological polar surface area (TPSA) is 12.0 Å². The lowest BCUT2D eigenvalue weighted by Gasteiger charge is -2.14. The Morgan fingerprint density at radius 1 is 1.28 bits per heavy atom. The minimum atomic E-state index is 0.309. The molecule has 2 aromatic rings. The maximum absolute atomic E-state index is 6.01. The van der Waals surface area contributed by atoms with Crippen molar-refractivity contribution in [3.63, 3.8) is 0 Å². The van der Waals surface area contributed by atoms with Gasteiger partial charge in [0.25, 0.3) is 0 Å². The molecule has 1 nitrogen and oxygen atoms in total. The van der Waals surface area contributed by atoms with E-state index in [1.807, 2.05) is 29.5 Å². The Morgan fingerprint density at radius 3 is 2.67 bits per heavy atom. The van der Waals surface area contributed by atoms with Crippen molar-refractivity contribution in [1.29, 1.82) is 0 Å². The van der Waals surface area contributed by atoms with Gasteiger partial charge in [-0.2, -0.15) is 0 Å². The Kier molecular flexibility index (Phi) is 4.44. The summed E-state index contributed by atoms with van der Waals surface area (Å²) in [4.78, 5) is 2.78. The number of hydrogen-bond donors (Lipinski definition) is 1. The summed E-state index contributed by atoms with van der Waals surface area (Å²) in [6.07, 6.45) is 0. The molecule has 0 aliphatic heterocycles. The van der Waals surface area contributed by atoms with E-state index in [9.17, 15) is 0 Å². The third-order valence-corrected chi connectivity index (χ3v) is 4.33. The van der Waals surface area contributed by atoms with Gasteiger partial charge in [0.05, 0.1) is 0 Å². The van der Waals surface area contributed by atoms with E-state index in [2.05, 4.69) is 38.2 Å². The summed E-state index contributed by atoms with van der Waals surface area (Å²) in [5.74, 6) is 0. The van der Waals surface area contributed by atoms with Crippen molar-refractivity contribution < 1.29 is 0 Å². The molecule has 3 heteroatoms. The Balaban J connectivity index is 2.00. The lowest BCUT2D eigenvalue weighted by Crippen LogP contribution is -2.18. The van der Waals surface area contributed by atoms with E-state index in [0.29, 0.717) is 6.04 Å². The Hall–Kier alpha value is -0.830. The number of halogens is 1. The molecule has 0 radical (unpaired) electrons. The van der Waals surface area contributed by atoms with Crippen molar-refractivity contribution in [3.8, 4) is 0 Å². The molecule has 1 heterocycles. The fourth-order valence-electron chi connectivity index (χ4n) is 2.02. The van der Waals surface area contributed by atoms with Gasteiger partial charge in [-0.15, -0.1) is 11.3 Å². The van der Waals surface area contributed by atoms with Crippen molar-refractivity contribution in [2.75, 3.05) is 0 Å². The first-order valence-electron chi connectivity index (χ1n) is 6.11. The third kappa shape index (κ3) is 3.35. The maximum atomic E-state index is 6.01. The second-order valence-corrected chi connectivity index (χ2v) is 6.49. The van der Waals surface area contributed by atoms with Crippen LogP contribution in [-0.4, -0.2) is 0 Å². The van der Waals surface area contributed by atoms with Crippen molar-refractivity contribution >= 4 is 22.9 Å². The van der Waals surface area contributed by atoms with E-state index in [0.717, 1.165) is 11.6 Å². The fraction of sp³-hybridized carbons (Fsp3) is 0.333. The maximum Gasteiger partial charge on any atom is 0.0409 e. The number of rotatable bonds is 4. The van der Waals surface area contributed by atoms with Crippen LogP contribution in [0.25, 0.3) is 0 Å². The molecule has 0 fully saturated rings. The van der Waals surface area contributed by atoms with Crippen LogP contribution in [0.4, 0.5) is 0 Å². The highest BCUT2D eigenvalue weighted by Crippen LogP contribution is 2.22. The third-order valence-electron chi connectivity index (χ3n) is 3.09. The van der Waals surface area contributed by atoms with Crippen LogP contribution >= 0.6 is 22.9 Å². The van der Waals surface area contributed by atoms with E-state index < -0.39 is 0 Å². The summed E-state index contributed by atoms with van der Waals surface area (Å²) in [7, 11) is 0. The summed E-state index contributed by atoms with van der Waals surface area (Å²) in [6.45, 7) is 7.41. The highest BCUT2D eigenvalue weighted by molar-refractivity contribution is 7.12. The second-order valence-electron chi connectivity index (χ2n) is 4.60. The van der Waals surface area contributed by atoms with Gasteiger partial charge in [0.15, 0.2) is 0 Å². The first-order chi connectivity index (χ1) is 8.56. The Labute approximate surface area is 118 Å². The van der Waals surface area contributed by atoms with Crippen LogP contribution < -0.4 is 5.32 Å². The van der Waals surface area contributed by atoms with Crippen LogP contribution in [0.3, 0.4) is 0 Å². The zero-order valence-electron chi connectivity index (χ0n) is 11.0. The van der Waals surface area contributed by atoms with Crippen LogP contribution in [0.2, 0.25) is 5.02 Å². The summed E-state index contributed by atoms with van der Waals surface area (Å²) in [5, 5.41) is 4.34. The predicted molar refractivity (Wildman–Crippen MR) is 80.5 cm³/mol. The summed E-state index contributed by atoms with van der Waals surface area (Å²) in [5.41, 5.74) is 2.62. The lowest BCUT2D eigenvalue weighted by molar-refractivity contribution is 0.574. The number of hydrogen-bond acceptors (Lipinski definition) is 2. The molecule has 1 N–H and O–H groups in total. The molecule has 18 heavy (non-hydrogen) atoms. The van der Waals surface area contributed by atoms with E-state index >= 15 is 0 Å². The number of aryl methyl sites for hydroxylation is 2. The smallest absolute Gasteiger partial charge is 0.0409 e. The molecule has 0 spiro atoms. The van der Waals surface area contributed by atoms with Gasteiger partial charge in [0, 0.05) is 27.4 Å². The van der Waals surface area contributed by atoms with Crippen molar-refractivity contribution in [3.05, 3.63) is 56.2 Å². The number of benzene rings is 1. The van der Waals surface area contributed by atoms with Crippen LogP contribution in [0.15, 0.2) is 30.3 Å². The Morgan fingerprint density at radius 2 is 2.06 bits per heavy atom. The van der Waals surface area contributed by atoms with E-state index in [1.165, 1.54) is 20.9 Å². The van der Waals surface area contributed by atoms with Gasteiger partial charge in [0.1, 0.15) is 0 Å². The summed E-state index contributed by atoms with van der Waals surface area (Å²) in [6, 6.07) is 10.6. The molecule has 0 unspecified atom stereocenters. The second kappa shape index (κ2) is 5.87. The Bertz CT molecular complexity index is 533. The van der Waals surface area contributed by atoms with Crippen molar-refractivity contribution in [2.45, 2.75) is 33.4 Å². The molecule has 0 aliphatic rings. The number of nitrogens with one attached hydrogen (secondary N) is 1. The molecule has 0 saturated heterocycles. The molecule has 1 atom stereocenters. The minimum absolute atomic E-state index is 0.309. The van der Waals surface area contributed by atoms with Crippen LogP contribution in [0.1, 0.15) is 33.8 Å². The summed E-state index contributed by atoms with van der Waals surface area (Å²) >= 11 is 7.87. The van der Waals surface area contributed by atoms with Gasteiger partial charge >= 0.3 is 0 Å². The van der Waals surface area contributed by atoms with E-state index in [-0.39, 0.29) is 0 Å². The molecule has 2 rings (SSSR count). The van der Waals surface area contributed by atoms with Crippen molar-refractivity contribution in [1.82, 2.24) is 5.32 Å². The molecule has 1 aromatic carbocycles. The van der Waals surface area contributed by atoms with Gasteiger partial charge in [-0.25, -0.2) is 0 Å². The van der Waals surface area contributed by atoms with Gasteiger partial charge < -0.3 is 5.32 Å². The van der Waals surface area contributed by atoms with Gasteiger partial charge in [-0.3, -0.25) is 0 Å². The van der Waals surface area contributed by atoms with Crippen LogP contribution in [0.5, 0.6) is 0 Å². The quantitative estimate of drug-likeness (QED) is 0.842. The monoisotopic (exact) mass is 279 g/mol. The zero-order chi connectivity index (χ0) is 13.1. The van der Waals surface area contributed by atoms with Crippen molar-refractivity contribution in [2.24, 2.45) is 0 Å². The van der Waals surface area contributed by atoms with Crippen LogP contribution in [-0.2, 0) is 6.54 Å². The molecule has 0 saturated carbocycles. The zero-order valence-corrected chi connectivity index (χ0v) is 12.5. The molecule has 96 valence electrons. The van der Waals surface area contributed by atoms with Gasteiger partial charge in [-0.1, -0.05) is 23.7 Å². The number of thiophene rings is 1. The summed E-state index contributed by atoms with van der Waals surface area (Å²) < 4.78 is 0. The fourth-order valence-corrected chi connectivity index (χ4v) is 3.16. The first-order valence-corrected chi connectivity index (χ1v) is 7.30. The highest BCUT2D eigenvalue weighted by atomic mass is 35.5. The molecule has 0 amide bonds. The lowest BCUT2D eigenvalue weighted by atomic mass is 10.1. The SMILES string of the molecule is Cc1cc(CN[C@@H](C)c2cccc(Cl)c2)c(C)s1. The standard InChI is InChI=1S/C15H18ClNS/c1-10-7-14(12(3)18-10)9-17-11(2)13-5-4-6-15(16)8-13/h4-8,11,17H,9H2,1-3H3/t11-/m0/s1. The van der Waals surface area contributed by atoms with Crippen LogP contribution in [0, 0.1) is 13.8 Å². The normalized spacial score (nSPS) is 12.7. The first kappa shape index (κ1) is 13.6. The largest absolute Gasteiger partial charge is 0.306 e. The molecule has 1 aromatic heterocycles.